The average molecular weight is 415 g/mol. The molecule has 2 atom stereocenters. The summed E-state index contributed by atoms with van der Waals surface area (Å²) < 4.78 is 7.31. The highest BCUT2D eigenvalue weighted by Crippen LogP contribution is 2.40. The van der Waals surface area contributed by atoms with Crippen molar-refractivity contribution >= 4 is 5.91 Å². The fourth-order valence-electron chi connectivity index (χ4n) is 4.62. The summed E-state index contributed by atoms with van der Waals surface area (Å²) in [6.07, 6.45) is 2.18. The molecule has 0 fully saturated rings. The van der Waals surface area contributed by atoms with Crippen LogP contribution in [-0.4, -0.2) is 45.2 Å². The number of hydrogen-bond acceptors (Lipinski definition) is 5. The molecule has 2 aromatic rings. The van der Waals surface area contributed by atoms with Crippen LogP contribution in [0, 0.1) is 26.7 Å². The van der Waals surface area contributed by atoms with E-state index < -0.39 is 6.10 Å². The largest absolute Gasteiger partial charge is 0.490 e. The highest BCUT2D eigenvalue weighted by Gasteiger charge is 2.32. The second-order valence-electron chi connectivity index (χ2n) is 8.85. The van der Waals surface area contributed by atoms with E-state index in [-0.39, 0.29) is 19.1 Å². The highest BCUT2D eigenvalue weighted by molar-refractivity contribution is 5.79. The second-order valence-corrected chi connectivity index (χ2v) is 8.85. The van der Waals surface area contributed by atoms with Crippen LogP contribution in [0.1, 0.15) is 71.0 Å². The smallest absolute Gasteiger partial charge is 0.247 e. The summed E-state index contributed by atoms with van der Waals surface area (Å²) >= 11 is 0. The molecule has 2 N–H and O–H groups in total. The molecular formula is C24H34N2O4. The van der Waals surface area contributed by atoms with Gasteiger partial charge in [0.25, 0.3) is 0 Å². The van der Waals surface area contributed by atoms with Crippen molar-refractivity contribution in [3.63, 3.8) is 0 Å². The number of aliphatic hydroxyl groups excluding tert-OH is 2. The Labute approximate surface area is 178 Å². The number of hydrogen-bond donors (Lipinski definition) is 2. The first-order valence-corrected chi connectivity index (χ1v) is 10.9. The Morgan fingerprint density at radius 2 is 1.93 bits per heavy atom. The van der Waals surface area contributed by atoms with Crippen molar-refractivity contribution < 1.29 is 19.7 Å². The number of carbonyl (C=O) groups excluding carboxylic acids is 1. The standard InChI is InChI=1S/C24H34N2O4/c1-14(2)20-7-8-21-23(20)17(5)25-26(21)22(29)9-6-18-10-15(3)24(16(4)11-18)30-13-19(28)12-27/h10-11,14,19-20,27-28H,6-9,12-13H2,1-5H3. The molecule has 1 aliphatic rings. The SMILES string of the molecule is Cc1cc(CCC(=O)n2nc(C)c3c2CCC3C(C)C)cc(C)c1OCC(O)CO. The normalized spacial score (nSPS) is 16.7. The number of aromatic nitrogens is 2. The molecule has 6 nitrogen and oxygen atoms in total. The summed E-state index contributed by atoms with van der Waals surface area (Å²) in [5.74, 6) is 1.83. The van der Waals surface area contributed by atoms with Crippen LogP contribution in [0.3, 0.4) is 0 Å². The van der Waals surface area contributed by atoms with Gasteiger partial charge in [0.2, 0.25) is 5.91 Å². The predicted octanol–water partition coefficient (Wildman–Crippen LogP) is 3.50. The van der Waals surface area contributed by atoms with Crippen LogP contribution in [0.15, 0.2) is 12.1 Å². The molecule has 2 unspecified atom stereocenters. The van der Waals surface area contributed by atoms with E-state index in [0.717, 1.165) is 46.7 Å². The zero-order chi connectivity index (χ0) is 22.0. The molecule has 1 heterocycles. The summed E-state index contributed by atoms with van der Waals surface area (Å²) in [4.78, 5) is 12.9. The second kappa shape index (κ2) is 9.31. The fraction of sp³-hybridized carbons (Fsp3) is 0.583. The number of carbonyl (C=O) groups is 1. The molecule has 1 aliphatic carbocycles. The Kier molecular flexibility index (Phi) is 6.98. The number of ether oxygens (including phenoxy) is 1. The van der Waals surface area contributed by atoms with Crippen LogP contribution < -0.4 is 4.74 Å². The van der Waals surface area contributed by atoms with Crippen molar-refractivity contribution in [2.45, 2.75) is 72.3 Å². The van der Waals surface area contributed by atoms with Gasteiger partial charge in [-0.2, -0.15) is 5.10 Å². The highest BCUT2D eigenvalue weighted by atomic mass is 16.5. The van der Waals surface area contributed by atoms with Crippen molar-refractivity contribution in [3.8, 4) is 5.75 Å². The number of rotatable bonds is 8. The molecule has 1 aromatic heterocycles. The molecule has 0 amide bonds. The summed E-state index contributed by atoms with van der Waals surface area (Å²) in [5, 5.41) is 23.0. The van der Waals surface area contributed by atoms with Crippen molar-refractivity contribution in [1.29, 1.82) is 0 Å². The molecule has 3 rings (SSSR count). The van der Waals surface area contributed by atoms with E-state index in [0.29, 0.717) is 24.7 Å². The zero-order valence-electron chi connectivity index (χ0n) is 18.7. The van der Waals surface area contributed by atoms with E-state index in [2.05, 4.69) is 18.9 Å². The Balaban J connectivity index is 1.69. The van der Waals surface area contributed by atoms with E-state index in [1.165, 1.54) is 5.56 Å². The topological polar surface area (TPSA) is 84.6 Å². The lowest BCUT2D eigenvalue weighted by atomic mass is 9.90. The monoisotopic (exact) mass is 414 g/mol. The molecule has 164 valence electrons. The van der Waals surface area contributed by atoms with Gasteiger partial charge in [0.15, 0.2) is 0 Å². The number of nitrogens with zero attached hydrogens (tertiary/aromatic N) is 2. The van der Waals surface area contributed by atoms with E-state index in [9.17, 15) is 9.90 Å². The van der Waals surface area contributed by atoms with Crippen molar-refractivity contribution in [1.82, 2.24) is 9.78 Å². The Morgan fingerprint density at radius 1 is 1.27 bits per heavy atom. The lowest BCUT2D eigenvalue weighted by Crippen LogP contribution is -2.21. The number of benzene rings is 1. The molecule has 30 heavy (non-hydrogen) atoms. The number of aryl methyl sites for hydroxylation is 4. The fourth-order valence-corrected chi connectivity index (χ4v) is 4.62. The molecule has 0 radical (unpaired) electrons. The Morgan fingerprint density at radius 3 is 2.53 bits per heavy atom. The maximum Gasteiger partial charge on any atom is 0.247 e. The minimum absolute atomic E-state index is 0.0467. The van der Waals surface area contributed by atoms with Crippen molar-refractivity contribution in [2.75, 3.05) is 13.2 Å². The van der Waals surface area contributed by atoms with E-state index >= 15 is 0 Å². The average Bonchev–Trinajstić information content (AvgIpc) is 3.26. The maximum absolute atomic E-state index is 12.9. The van der Waals surface area contributed by atoms with E-state index in [4.69, 9.17) is 9.84 Å². The minimum Gasteiger partial charge on any atom is -0.490 e. The third kappa shape index (κ3) is 4.60. The molecule has 0 saturated carbocycles. The van der Waals surface area contributed by atoms with Crippen molar-refractivity contribution in [2.24, 2.45) is 5.92 Å². The molecular weight excluding hydrogens is 380 g/mol. The third-order valence-electron chi connectivity index (χ3n) is 6.09. The maximum atomic E-state index is 12.9. The van der Waals surface area contributed by atoms with Gasteiger partial charge < -0.3 is 14.9 Å². The summed E-state index contributed by atoms with van der Waals surface area (Å²) in [6, 6.07) is 4.04. The van der Waals surface area contributed by atoms with Gasteiger partial charge in [0, 0.05) is 12.0 Å². The third-order valence-corrected chi connectivity index (χ3v) is 6.09. The first kappa shape index (κ1) is 22.5. The van der Waals surface area contributed by atoms with Crippen LogP contribution in [0.5, 0.6) is 5.75 Å². The van der Waals surface area contributed by atoms with Gasteiger partial charge in [-0.3, -0.25) is 4.79 Å². The van der Waals surface area contributed by atoms with Crippen LogP contribution in [0.25, 0.3) is 0 Å². The van der Waals surface area contributed by atoms with Gasteiger partial charge in [-0.05, 0) is 68.6 Å². The molecule has 0 saturated heterocycles. The van der Waals surface area contributed by atoms with Crippen LogP contribution in [-0.2, 0) is 12.8 Å². The molecule has 0 aliphatic heterocycles. The van der Waals surface area contributed by atoms with Gasteiger partial charge in [-0.15, -0.1) is 0 Å². The molecule has 6 heteroatoms. The van der Waals surface area contributed by atoms with Crippen LogP contribution in [0.4, 0.5) is 0 Å². The zero-order valence-corrected chi connectivity index (χ0v) is 18.7. The molecule has 0 bridgehead atoms. The van der Waals surface area contributed by atoms with Crippen molar-refractivity contribution in [3.05, 3.63) is 45.8 Å². The minimum atomic E-state index is -0.893. The predicted molar refractivity (Wildman–Crippen MR) is 116 cm³/mol. The van der Waals surface area contributed by atoms with Crippen LogP contribution >= 0.6 is 0 Å². The first-order chi connectivity index (χ1) is 14.2. The Hall–Kier alpha value is -2.18. The van der Waals surface area contributed by atoms with Gasteiger partial charge in [0.1, 0.15) is 18.5 Å². The van der Waals surface area contributed by atoms with E-state index in [1.807, 2.05) is 32.9 Å². The first-order valence-electron chi connectivity index (χ1n) is 10.9. The van der Waals surface area contributed by atoms with Gasteiger partial charge in [-0.25, -0.2) is 4.68 Å². The number of aliphatic hydroxyl groups is 2. The molecule has 0 spiro atoms. The Bertz CT molecular complexity index is 893. The van der Waals surface area contributed by atoms with Gasteiger partial charge >= 0.3 is 0 Å². The summed E-state index contributed by atoms with van der Waals surface area (Å²) in [5.41, 5.74) is 6.38. The summed E-state index contributed by atoms with van der Waals surface area (Å²) in [6.45, 7) is 10.1. The van der Waals surface area contributed by atoms with Crippen LogP contribution in [0.2, 0.25) is 0 Å². The molecule has 1 aromatic carbocycles. The number of fused-ring (bicyclic) bond motifs is 1. The summed E-state index contributed by atoms with van der Waals surface area (Å²) in [7, 11) is 0. The van der Waals surface area contributed by atoms with E-state index in [1.54, 1.807) is 4.68 Å². The lowest BCUT2D eigenvalue weighted by Gasteiger charge is -2.16. The lowest BCUT2D eigenvalue weighted by molar-refractivity contribution is 0.0531. The quantitative estimate of drug-likeness (QED) is 0.691. The van der Waals surface area contributed by atoms with Gasteiger partial charge in [0.05, 0.1) is 18.0 Å². The van der Waals surface area contributed by atoms with Gasteiger partial charge in [-0.1, -0.05) is 26.0 Å².